The zero-order valence-electron chi connectivity index (χ0n) is 9.37. The summed E-state index contributed by atoms with van der Waals surface area (Å²) in [5.41, 5.74) is 0.405. The zero-order valence-corrected chi connectivity index (χ0v) is 9.37. The number of rotatable bonds is 4. The summed E-state index contributed by atoms with van der Waals surface area (Å²) < 4.78 is 10.0. The summed E-state index contributed by atoms with van der Waals surface area (Å²) in [6.45, 7) is 1.20. The summed E-state index contributed by atoms with van der Waals surface area (Å²) in [6.07, 6.45) is 0. The molecule has 1 N–H and O–H groups in total. The molecule has 0 aliphatic carbocycles. The van der Waals surface area contributed by atoms with Crippen molar-refractivity contribution < 1.29 is 19.1 Å². The standard InChI is InChI=1S/C11H13NO4/c1-7(13)11(14)12-9-6-8(15-2)4-5-10(9)16-3/h4-6H,1-3H3,(H,12,14). The fourth-order valence-corrected chi connectivity index (χ4v) is 1.12. The van der Waals surface area contributed by atoms with Crippen LogP contribution in [0.3, 0.4) is 0 Å². The second-order valence-electron chi connectivity index (χ2n) is 3.08. The van der Waals surface area contributed by atoms with Crippen LogP contribution in [0.4, 0.5) is 5.69 Å². The molecule has 1 rings (SSSR count). The number of carbonyl (C=O) groups excluding carboxylic acids is 2. The number of benzene rings is 1. The Labute approximate surface area is 93.4 Å². The molecular formula is C11H13NO4. The van der Waals surface area contributed by atoms with E-state index in [0.717, 1.165) is 0 Å². The third-order valence-corrected chi connectivity index (χ3v) is 1.97. The van der Waals surface area contributed by atoms with Crippen LogP contribution in [0.25, 0.3) is 0 Å². The maximum absolute atomic E-state index is 11.2. The van der Waals surface area contributed by atoms with Crippen molar-refractivity contribution in [2.24, 2.45) is 0 Å². The molecule has 0 unspecified atom stereocenters. The van der Waals surface area contributed by atoms with E-state index in [4.69, 9.17) is 9.47 Å². The van der Waals surface area contributed by atoms with Gasteiger partial charge in [0.1, 0.15) is 11.5 Å². The summed E-state index contributed by atoms with van der Waals surface area (Å²) in [5, 5.41) is 2.44. The van der Waals surface area contributed by atoms with Crippen molar-refractivity contribution >= 4 is 17.4 Å². The third-order valence-electron chi connectivity index (χ3n) is 1.97. The van der Waals surface area contributed by atoms with E-state index < -0.39 is 11.7 Å². The molecule has 0 fully saturated rings. The highest BCUT2D eigenvalue weighted by Gasteiger charge is 2.11. The van der Waals surface area contributed by atoms with Gasteiger partial charge in [-0.1, -0.05) is 0 Å². The number of carbonyl (C=O) groups is 2. The minimum Gasteiger partial charge on any atom is -0.497 e. The number of Topliss-reactive ketones (excluding diaryl/α,β-unsaturated/α-hetero) is 1. The van der Waals surface area contributed by atoms with Crippen molar-refractivity contribution in [3.05, 3.63) is 18.2 Å². The van der Waals surface area contributed by atoms with E-state index in [1.54, 1.807) is 18.2 Å². The van der Waals surface area contributed by atoms with Gasteiger partial charge in [0, 0.05) is 13.0 Å². The molecule has 0 radical (unpaired) electrons. The maximum Gasteiger partial charge on any atom is 0.291 e. The lowest BCUT2D eigenvalue weighted by Gasteiger charge is -2.10. The minimum absolute atomic E-state index is 0.405. The second-order valence-corrected chi connectivity index (χ2v) is 3.08. The van der Waals surface area contributed by atoms with E-state index in [1.165, 1.54) is 21.1 Å². The summed E-state index contributed by atoms with van der Waals surface area (Å²) in [4.78, 5) is 22.0. The smallest absolute Gasteiger partial charge is 0.291 e. The Morgan fingerprint density at radius 3 is 2.38 bits per heavy atom. The van der Waals surface area contributed by atoms with Gasteiger partial charge in [-0.2, -0.15) is 0 Å². The summed E-state index contributed by atoms with van der Waals surface area (Å²) >= 11 is 0. The van der Waals surface area contributed by atoms with Crippen LogP contribution in [0.1, 0.15) is 6.92 Å². The molecule has 86 valence electrons. The largest absolute Gasteiger partial charge is 0.497 e. The lowest BCUT2D eigenvalue weighted by Crippen LogP contribution is -2.20. The summed E-state index contributed by atoms with van der Waals surface area (Å²) in [5.74, 6) is -0.216. The van der Waals surface area contributed by atoms with Crippen LogP contribution in [0.5, 0.6) is 11.5 Å². The molecule has 0 aliphatic rings. The predicted molar refractivity (Wildman–Crippen MR) is 58.9 cm³/mol. The molecule has 0 bridgehead atoms. The molecule has 1 aromatic rings. The van der Waals surface area contributed by atoms with Gasteiger partial charge in [0.05, 0.1) is 19.9 Å². The number of methoxy groups -OCH3 is 2. The van der Waals surface area contributed by atoms with Crippen molar-refractivity contribution in [2.45, 2.75) is 6.92 Å². The minimum atomic E-state index is -0.688. The first kappa shape index (κ1) is 12.0. The molecule has 0 saturated carbocycles. The van der Waals surface area contributed by atoms with Gasteiger partial charge >= 0.3 is 0 Å². The molecule has 0 atom stereocenters. The first-order valence-corrected chi connectivity index (χ1v) is 4.62. The zero-order chi connectivity index (χ0) is 12.1. The molecule has 0 aromatic heterocycles. The third kappa shape index (κ3) is 2.73. The van der Waals surface area contributed by atoms with Gasteiger partial charge in [0.15, 0.2) is 0 Å². The van der Waals surface area contributed by atoms with Crippen LogP contribution in [0.2, 0.25) is 0 Å². The van der Waals surface area contributed by atoms with Gasteiger partial charge < -0.3 is 14.8 Å². The highest BCUT2D eigenvalue weighted by molar-refractivity contribution is 6.39. The van der Waals surface area contributed by atoms with Crippen LogP contribution < -0.4 is 14.8 Å². The number of hydrogen-bond acceptors (Lipinski definition) is 4. The molecule has 16 heavy (non-hydrogen) atoms. The average molecular weight is 223 g/mol. The van der Waals surface area contributed by atoms with Crippen LogP contribution in [0, 0.1) is 0 Å². The number of nitrogens with one attached hydrogen (secondary N) is 1. The van der Waals surface area contributed by atoms with Crippen molar-refractivity contribution in [1.82, 2.24) is 0 Å². The number of anilines is 1. The Kier molecular flexibility index (Phi) is 3.88. The number of amides is 1. The highest BCUT2D eigenvalue weighted by Crippen LogP contribution is 2.28. The lowest BCUT2D eigenvalue weighted by atomic mass is 10.2. The van der Waals surface area contributed by atoms with E-state index in [2.05, 4.69) is 5.32 Å². The van der Waals surface area contributed by atoms with Crippen LogP contribution in [0.15, 0.2) is 18.2 Å². The molecule has 5 nitrogen and oxygen atoms in total. The molecule has 0 spiro atoms. The first-order valence-electron chi connectivity index (χ1n) is 4.62. The number of ketones is 1. The molecule has 0 saturated heterocycles. The van der Waals surface area contributed by atoms with E-state index >= 15 is 0 Å². The SMILES string of the molecule is COc1ccc(OC)c(NC(=O)C(C)=O)c1. The lowest BCUT2D eigenvalue weighted by molar-refractivity contribution is -0.133. The van der Waals surface area contributed by atoms with Crippen molar-refractivity contribution in [3.63, 3.8) is 0 Å². The van der Waals surface area contributed by atoms with Gasteiger partial charge in [-0.05, 0) is 12.1 Å². The average Bonchev–Trinajstić information content (AvgIpc) is 2.28. The molecule has 0 heterocycles. The molecular weight excluding hydrogens is 210 g/mol. The molecule has 1 aromatic carbocycles. The highest BCUT2D eigenvalue weighted by atomic mass is 16.5. The van der Waals surface area contributed by atoms with Gasteiger partial charge in [0.25, 0.3) is 5.91 Å². The maximum atomic E-state index is 11.2. The van der Waals surface area contributed by atoms with E-state index in [-0.39, 0.29) is 0 Å². The van der Waals surface area contributed by atoms with Crippen LogP contribution in [-0.2, 0) is 9.59 Å². The van der Waals surface area contributed by atoms with E-state index in [0.29, 0.717) is 17.2 Å². The summed E-state index contributed by atoms with van der Waals surface area (Å²) in [7, 11) is 2.99. The second kappa shape index (κ2) is 5.16. The Morgan fingerprint density at radius 2 is 1.88 bits per heavy atom. The number of hydrogen-bond donors (Lipinski definition) is 1. The predicted octanol–water partition coefficient (Wildman–Crippen LogP) is 1.23. The molecule has 0 aliphatic heterocycles. The normalized spacial score (nSPS) is 9.44. The van der Waals surface area contributed by atoms with Crippen molar-refractivity contribution in [3.8, 4) is 11.5 Å². The Morgan fingerprint density at radius 1 is 1.19 bits per heavy atom. The van der Waals surface area contributed by atoms with Crippen LogP contribution in [-0.4, -0.2) is 25.9 Å². The first-order chi connectivity index (χ1) is 7.58. The fourth-order valence-electron chi connectivity index (χ4n) is 1.12. The van der Waals surface area contributed by atoms with Crippen molar-refractivity contribution in [1.29, 1.82) is 0 Å². The van der Waals surface area contributed by atoms with Gasteiger partial charge in [-0.15, -0.1) is 0 Å². The van der Waals surface area contributed by atoms with Gasteiger partial charge in [0.2, 0.25) is 5.78 Å². The Hall–Kier alpha value is -2.04. The Bertz CT molecular complexity index is 414. The monoisotopic (exact) mass is 223 g/mol. The van der Waals surface area contributed by atoms with Gasteiger partial charge in [-0.25, -0.2) is 0 Å². The van der Waals surface area contributed by atoms with Crippen LogP contribution >= 0.6 is 0 Å². The molecule has 1 amide bonds. The summed E-state index contributed by atoms with van der Waals surface area (Å²) in [6, 6.07) is 4.93. The topological polar surface area (TPSA) is 64.6 Å². The molecule has 5 heteroatoms. The quantitative estimate of drug-likeness (QED) is 0.780. The fraction of sp³-hybridized carbons (Fsp3) is 0.273. The van der Waals surface area contributed by atoms with E-state index in [1.807, 2.05) is 0 Å². The van der Waals surface area contributed by atoms with Gasteiger partial charge in [-0.3, -0.25) is 9.59 Å². The number of ether oxygens (including phenoxy) is 2. The van der Waals surface area contributed by atoms with E-state index in [9.17, 15) is 9.59 Å². The van der Waals surface area contributed by atoms with Crippen molar-refractivity contribution in [2.75, 3.05) is 19.5 Å². The Balaban J connectivity index is 3.00.